The van der Waals surface area contributed by atoms with Crippen LogP contribution in [0.25, 0.3) is 0 Å². The zero-order chi connectivity index (χ0) is 31.2. The van der Waals surface area contributed by atoms with E-state index in [0.717, 1.165) is 16.7 Å². The normalized spacial score (nSPS) is 37.0. The van der Waals surface area contributed by atoms with Crippen LogP contribution >= 0.6 is 0 Å². The number of rotatable bonds is 4. The number of aliphatic hydroxyl groups is 1. The maximum absolute atomic E-state index is 14.2. The summed E-state index contributed by atoms with van der Waals surface area (Å²) in [4.78, 5) is 11.5. The van der Waals surface area contributed by atoms with E-state index in [1.807, 2.05) is 0 Å². The van der Waals surface area contributed by atoms with Gasteiger partial charge in [0.2, 0.25) is 0 Å². The first kappa shape index (κ1) is 30.9. The summed E-state index contributed by atoms with van der Waals surface area (Å²) < 4.78 is 85.1. The summed E-state index contributed by atoms with van der Waals surface area (Å²) in [6.07, 6.45) is -9.44. The molecule has 238 valence electrons. The molecule has 1 heterocycles. The largest absolute Gasteiger partial charge is 0.482 e. The monoisotopic (exact) mass is 614 g/mol. The van der Waals surface area contributed by atoms with Gasteiger partial charge in [-0.15, -0.1) is 0 Å². The summed E-state index contributed by atoms with van der Waals surface area (Å²) in [5, 5.41) is 21.7. The summed E-state index contributed by atoms with van der Waals surface area (Å²) in [5.74, 6) is -2.77. The van der Waals surface area contributed by atoms with E-state index < -0.39 is 47.1 Å². The Hall–Kier alpha value is -2.08. The zero-order valence-corrected chi connectivity index (χ0v) is 24.6. The van der Waals surface area contributed by atoms with Gasteiger partial charge in [-0.25, -0.2) is 4.79 Å². The van der Waals surface area contributed by atoms with Crippen molar-refractivity contribution in [2.24, 2.45) is 22.7 Å². The van der Waals surface area contributed by atoms with Gasteiger partial charge in [-0.1, -0.05) is 38.5 Å². The molecule has 4 aliphatic carbocycles. The van der Waals surface area contributed by atoms with Crippen LogP contribution in [0.5, 0.6) is 0 Å². The van der Waals surface area contributed by atoms with Crippen LogP contribution in [0, 0.1) is 22.7 Å². The van der Waals surface area contributed by atoms with Crippen molar-refractivity contribution in [2.75, 3.05) is 13.2 Å². The molecule has 1 aromatic carbocycles. The van der Waals surface area contributed by atoms with Gasteiger partial charge >= 0.3 is 18.3 Å². The van der Waals surface area contributed by atoms with Crippen LogP contribution in [-0.4, -0.2) is 59.2 Å². The smallest absolute Gasteiger partial charge is 0.478 e. The first-order valence-electron chi connectivity index (χ1n) is 15.1. The fourth-order valence-corrected chi connectivity index (χ4v) is 8.80. The Labute approximate surface area is 247 Å². The van der Waals surface area contributed by atoms with Crippen LogP contribution in [0.4, 0.5) is 22.0 Å². The summed E-state index contributed by atoms with van der Waals surface area (Å²) in [6, 6.07) is 6.32. The highest BCUT2D eigenvalue weighted by Crippen LogP contribution is 2.66. The average molecular weight is 615 g/mol. The van der Waals surface area contributed by atoms with Crippen LogP contribution in [-0.2, 0) is 14.2 Å². The highest BCUT2D eigenvalue weighted by Gasteiger charge is 2.66. The van der Waals surface area contributed by atoms with Gasteiger partial charge in [-0.05, 0) is 79.0 Å². The molecule has 6 atom stereocenters. The number of carboxylic acid groups (broad SMARTS) is 1. The third-order valence-corrected chi connectivity index (χ3v) is 11.0. The van der Waals surface area contributed by atoms with Crippen molar-refractivity contribution in [3.05, 3.63) is 46.5 Å². The first-order chi connectivity index (χ1) is 19.9. The van der Waals surface area contributed by atoms with Gasteiger partial charge in [0, 0.05) is 24.2 Å². The number of fused-ring (bicyclic) bond motifs is 4. The van der Waals surface area contributed by atoms with Gasteiger partial charge < -0.3 is 24.4 Å². The van der Waals surface area contributed by atoms with Crippen LogP contribution in [0.1, 0.15) is 94.0 Å². The van der Waals surface area contributed by atoms with Crippen LogP contribution in [0.3, 0.4) is 0 Å². The predicted octanol–water partition coefficient (Wildman–Crippen LogP) is 7.22. The van der Waals surface area contributed by atoms with Crippen molar-refractivity contribution in [3.63, 3.8) is 0 Å². The highest BCUT2D eigenvalue weighted by molar-refractivity contribution is 5.87. The summed E-state index contributed by atoms with van der Waals surface area (Å²) in [6.45, 7) is 6.86. The summed E-state index contributed by atoms with van der Waals surface area (Å²) >= 11 is 0. The van der Waals surface area contributed by atoms with Crippen molar-refractivity contribution >= 4 is 5.97 Å². The van der Waals surface area contributed by atoms with Crippen molar-refractivity contribution in [1.29, 1.82) is 0 Å². The van der Waals surface area contributed by atoms with Crippen molar-refractivity contribution in [3.8, 4) is 0 Å². The van der Waals surface area contributed by atoms with E-state index in [0.29, 0.717) is 45.3 Å². The molecule has 0 radical (unpaired) electrons. The number of aromatic carboxylic acids is 1. The third kappa shape index (κ3) is 5.12. The predicted molar refractivity (Wildman–Crippen MR) is 144 cm³/mol. The summed E-state index contributed by atoms with van der Waals surface area (Å²) in [5.41, 5.74) is 0.359. The molecule has 0 amide bonds. The second kappa shape index (κ2) is 9.96. The van der Waals surface area contributed by atoms with Gasteiger partial charge in [0.25, 0.3) is 0 Å². The van der Waals surface area contributed by atoms with E-state index in [2.05, 4.69) is 18.6 Å². The van der Waals surface area contributed by atoms with Gasteiger partial charge in [0.15, 0.2) is 5.79 Å². The Balaban J connectivity index is 1.40. The zero-order valence-electron chi connectivity index (χ0n) is 24.6. The van der Waals surface area contributed by atoms with E-state index in [4.69, 9.17) is 9.47 Å². The lowest BCUT2D eigenvalue weighted by Crippen LogP contribution is -2.57. The molecule has 4 fully saturated rings. The van der Waals surface area contributed by atoms with Crippen molar-refractivity contribution in [2.45, 2.75) is 108 Å². The maximum atomic E-state index is 14.2. The number of hydrogen-bond acceptors (Lipinski definition) is 5. The molecule has 3 saturated carbocycles. The van der Waals surface area contributed by atoms with Crippen LogP contribution in [0.15, 0.2) is 35.4 Å². The van der Waals surface area contributed by atoms with Gasteiger partial charge in [-0.2, -0.15) is 22.0 Å². The molecule has 6 rings (SSSR count). The minimum Gasteiger partial charge on any atom is -0.478 e. The number of allylic oxidation sites excluding steroid dienone is 1. The third-order valence-electron chi connectivity index (χ3n) is 11.0. The Morgan fingerprint density at radius 3 is 2.23 bits per heavy atom. The molecule has 43 heavy (non-hydrogen) atoms. The molecule has 5 aliphatic rings. The Kier molecular flexibility index (Phi) is 7.16. The Bertz CT molecular complexity index is 1300. The van der Waals surface area contributed by atoms with Crippen LogP contribution in [0.2, 0.25) is 0 Å². The van der Waals surface area contributed by atoms with Gasteiger partial charge in [0.05, 0.1) is 30.5 Å². The number of carboxylic acids is 1. The number of halogens is 5. The van der Waals surface area contributed by atoms with Crippen molar-refractivity contribution < 1.29 is 51.2 Å². The van der Waals surface area contributed by atoms with E-state index in [1.165, 1.54) is 12.1 Å². The van der Waals surface area contributed by atoms with Gasteiger partial charge in [0.1, 0.15) is 0 Å². The minimum absolute atomic E-state index is 0.0709. The molecule has 6 nitrogen and oxygen atoms in total. The number of carbonyl (C=O) groups is 1. The molecule has 1 saturated heterocycles. The fraction of sp³-hybridized carbons (Fsp3) is 0.719. The van der Waals surface area contributed by atoms with E-state index in [1.54, 1.807) is 19.1 Å². The summed E-state index contributed by atoms with van der Waals surface area (Å²) in [7, 11) is 0. The molecular formula is C32H39F5O6. The number of benzene rings is 1. The van der Waals surface area contributed by atoms with E-state index in [9.17, 15) is 37.0 Å². The van der Waals surface area contributed by atoms with Gasteiger partial charge in [-0.3, -0.25) is 0 Å². The van der Waals surface area contributed by atoms with E-state index >= 15 is 0 Å². The number of alkyl halides is 5. The molecule has 1 aromatic rings. The molecule has 0 bridgehead atoms. The first-order valence-corrected chi connectivity index (χ1v) is 15.1. The minimum atomic E-state index is -5.83. The molecule has 0 aromatic heterocycles. The molecule has 4 unspecified atom stereocenters. The number of hydrogen-bond donors (Lipinski definition) is 2. The standard InChI is InChI=1S/C32H39F5O6/c1-27(2)16-41-30(42-17-27)13-11-23-25-20(10-12-29(23,40)15-30)22-8-9-24(43-32(36,37)31(33,34)35)28(22,3)14-21(25)18-4-6-19(7-5-18)26(38)39/h4-7,20-22,24,40H,8-17H2,1-3H3,(H,38,39)/t20?,21-,22?,24?,28?,29-/m1/s1. The molecule has 1 spiro atoms. The second-order valence-electron chi connectivity index (χ2n) is 14.4. The van der Waals surface area contributed by atoms with Crippen LogP contribution < -0.4 is 0 Å². The molecule has 11 heteroatoms. The SMILES string of the molecule is CC1(C)COC2(CCC3=C4C(CC[C@@]3(O)C2)C2CCC(OC(F)(F)C(F)(F)F)C2(C)C[C@@H]4c2ccc(C(=O)O)cc2)OC1. The second-order valence-corrected chi connectivity index (χ2v) is 14.4. The van der Waals surface area contributed by atoms with E-state index in [-0.39, 0.29) is 42.1 Å². The topological polar surface area (TPSA) is 85.2 Å². The fourth-order valence-electron chi connectivity index (χ4n) is 8.80. The Morgan fingerprint density at radius 2 is 1.63 bits per heavy atom. The lowest BCUT2D eigenvalue weighted by Gasteiger charge is -2.57. The lowest BCUT2D eigenvalue weighted by molar-refractivity contribution is -0.408. The average Bonchev–Trinajstić information content (AvgIpc) is 3.24. The molecule has 1 aliphatic heterocycles. The van der Waals surface area contributed by atoms with Crippen molar-refractivity contribution in [1.82, 2.24) is 0 Å². The highest BCUT2D eigenvalue weighted by atomic mass is 19.4. The number of ether oxygens (including phenoxy) is 3. The lowest BCUT2D eigenvalue weighted by atomic mass is 9.51. The Morgan fingerprint density at radius 1 is 0.977 bits per heavy atom. The maximum Gasteiger partial charge on any atom is 0.482 e. The molecule has 2 N–H and O–H groups in total. The molecular weight excluding hydrogens is 575 g/mol. The quantitative estimate of drug-likeness (QED) is 0.275.